The van der Waals surface area contributed by atoms with Gasteiger partial charge in [-0.2, -0.15) is 5.26 Å². The van der Waals surface area contributed by atoms with Gasteiger partial charge < -0.3 is 10.5 Å². The monoisotopic (exact) mass is 160 g/mol. The van der Waals surface area contributed by atoms with Crippen LogP contribution in [0.25, 0.3) is 0 Å². The number of benzene rings is 1. The Balaban J connectivity index is 2.50. The van der Waals surface area contributed by atoms with E-state index in [0.717, 1.165) is 11.3 Å². The van der Waals surface area contributed by atoms with Crippen LogP contribution in [0.15, 0.2) is 18.2 Å². The molecule has 3 heteroatoms. The second-order valence-corrected chi connectivity index (χ2v) is 2.78. The van der Waals surface area contributed by atoms with E-state index in [2.05, 4.69) is 6.07 Å². The highest BCUT2D eigenvalue weighted by molar-refractivity contribution is 5.45. The Morgan fingerprint density at radius 3 is 3.17 bits per heavy atom. The third-order valence-corrected chi connectivity index (χ3v) is 1.96. The first-order valence-corrected chi connectivity index (χ1v) is 3.73. The predicted octanol–water partition coefficient (Wildman–Crippen LogP) is 0.950. The van der Waals surface area contributed by atoms with Crippen LogP contribution in [0.4, 0.5) is 0 Å². The van der Waals surface area contributed by atoms with E-state index in [1.807, 2.05) is 6.07 Å². The van der Waals surface area contributed by atoms with E-state index in [1.54, 1.807) is 12.1 Å². The van der Waals surface area contributed by atoms with Crippen LogP contribution in [-0.4, -0.2) is 6.61 Å². The molecule has 0 fully saturated rings. The van der Waals surface area contributed by atoms with Gasteiger partial charge in [0.05, 0.1) is 17.7 Å². The lowest BCUT2D eigenvalue weighted by Crippen LogP contribution is -2.10. The minimum absolute atomic E-state index is 0.0345. The number of nitrogens with zero attached hydrogens (tertiary/aromatic N) is 1. The molecule has 0 aliphatic carbocycles. The van der Waals surface area contributed by atoms with Crippen molar-refractivity contribution < 1.29 is 4.74 Å². The zero-order valence-electron chi connectivity index (χ0n) is 6.45. The smallest absolute Gasteiger partial charge is 0.125 e. The molecule has 0 aromatic heterocycles. The summed E-state index contributed by atoms with van der Waals surface area (Å²) in [6.45, 7) is 0.518. The van der Waals surface area contributed by atoms with Crippen molar-refractivity contribution in [2.24, 2.45) is 5.73 Å². The first-order valence-electron chi connectivity index (χ1n) is 3.73. The van der Waals surface area contributed by atoms with Gasteiger partial charge in [-0.05, 0) is 12.1 Å². The van der Waals surface area contributed by atoms with Gasteiger partial charge in [-0.1, -0.05) is 6.07 Å². The van der Waals surface area contributed by atoms with E-state index in [0.29, 0.717) is 12.2 Å². The fourth-order valence-electron chi connectivity index (χ4n) is 1.30. The molecule has 12 heavy (non-hydrogen) atoms. The normalized spacial score (nSPS) is 19.5. The van der Waals surface area contributed by atoms with E-state index < -0.39 is 0 Å². The second-order valence-electron chi connectivity index (χ2n) is 2.78. The summed E-state index contributed by atoms with van der Waals surface area (Å²) in [4.78, 5) is 0. The largest absolute Gasteiger partial charge is 0.491 e. The number of hydrogen-bond donors (Lipinski definition) is 1. The average Bonchev–Trinajstić information content (AvgIpc) is 2.47. The van der Waals surface area contributed by atoms with Crippen molar-refractivity contribution in [3.63, 3.8) is 0 Å². The van der Waals surface area contributed by atoms with E-state index in [9.17, 15) is 0 Å². The minimum atomic E-state index is -0.0345. The topological polar surface area (TPSA) is 59.0 Å². The quantitative estimate of drug-likeness (QED) is 0.614. The third-order valence-electron chi connectivity index (χ3n) is 1.96. The van der Waals surface area contributed by atoms with Crippen molar-refractivity contribution in [3.05, 3.63) is 29.3 Å². The summed E-state index contributed by atoms with van der Waals surface area (Å²) < 4.78 is 5.28. The lowest BCUT2D eigenvalue weighted by Gasteiger charge is -1.98. The molecule has 2 rings (SSSR count). The van der Waals surface area contributed by atoms with E-state index >= 15 is 0 Å². The molecule has 1 unspecified atom stereocenters. The van der Waals surface area contributed by atoms with Crippen LogP contribution in [0.1, 0.15) is 17.2 Å². The number of hydrogen-bond acceptors (Lipinski definition) is 3. The van der Waals surface area contributed by atoms with Gasteiger partial charge in [-0.15, -0.1) is 0 Å². The molecule has 3 nitrogen and oxygen atoms in total. The molecule has 0 bridgehead atoms. The fourth-order valence-corrected chi connectivity index (χ4v) is 1.30. The van der Waals surface area contributed by atoms with Gasteiger partial charge >= 0.3 is 0 Å². The van der Waals surface area contributed by atoms with Crippen LogP contribution in [0, 0.1) is 11.3 Å². The van der Waals surface area contributed by atoms with Crippen molar-refractivity contribution in [2.45, 2.75) is 6.04 Å². The lowest BCUT2D eigenvalue weighted by molar-refractivity contribution is 0.333. The molecule has 0 spiro atoms. The van der Waals surface area contributed by atoms with Crippen LogP contribution in [0.2, 0.25) is 0 Å². The molecule has 1 heterocycles. The van der Waals surface area contributed by atoms with Gasteiger partial charge in [0.25, 0.3) is 0 Å². The van der Waals surface area contributed by atoms with Crippen LogP contribution < -0.4 is 10.5 Å². The third kappa shape index (κ3) is 0.936. The lowest BCUT2D eigenvalue weighted by atomic mass is 10.1. The van der Waals surface area contributed by atoms with Gasteiger partial charge in [0.2, 0.25) is 0 Å². The van der Waals surface area contributed by atoms with E-state index in [4.69, 9.17) is 15.7 Å². The van der Waals surface area contributed by atoms with Crippen molar-refractivity contribution in [1.82, 2.24) is 0 Å². The first-order chi connectivity index (χ1) is 5.81. The molecule has 1 atom stereocenters. The SMILES string of the molecule is N#Cc1ccc2c(c1)OCC2N. The van der Waals surface area contributed by atoms with Crippen molar-refractivity contribution in [1.29, 1.82) is 5.26 Å². The molecule has 1 aromatic carbocycles. The zero-order chi connectivity index (χ0) is 8.55. The predicted molar refractivity (Wildman–Crippen MR) is 43.6 cm³/mol. The van der Waals surface area contributed by atoms with Crippen LogP contribution in [0.5, 0.6) is 5.75 Å². The molecular formula is C9H8N2O. The van der Waals surface area contributed by atoms with Crippen LogP contribution in [0.3, 0.4) is 0 Å². The highest BCUT2D eigenvalue weighted by atomic mass is 16.5. The Morgan fingerprint density at radius 1 is 1.58 bits per heavy atom. The van der Waals surface area contributed by atoms with Crippen LogP contribution in [-0.2, 0) is 0 Å². The molecule has 0 saturated heterocycles. The Morgan fingerprint density at radius 2 is 2.42 bits per heavy atom. The maximum Gasteiger partial charge on any atom is 0.125 e. The highest BCUT2D eigenvalue weighted by Crippen LogP contribution is 2.31. The minimum Gasteiger partial charge on any atom is -0.491 e. The molecule has 2 N–H and O–H groups in total. The molecule has 1 aliphatic heterocycles. The van der Waals surface area contributed by atoms with E-state index in [-0.39, 0.29) is 6.04 Å². The number of ether oxygens (including phenoxy) is 1. The summed E-state index contributed by atoms with van der Waals surface area (Å²) in [5, 5.41) is 8.60. The molecule has 0 radical (unpaired) electrons. The Hall–Kier alpha value is -1.53. The number of rotatable bonds is 0. The summed E-state index contributed by atoms with van der Waals surface area (Å²) >= 11 is 0. The van der Waals surface area contributed by atoms with Crippen LogP contribution >= 0.6 is 0 Å². The molecule has 60 valence electrons. The standard InChI is InChI=1S/C9H8N2O/c10-4-6-1-2-7-8(11)5-12-9(7)3-6/h1-3,8H,5,11H2. The Bertz CT molecular complexity index is 354. The highest BCUT2D eigenvalue weighted by Gasteiger charge is 2.20. The van der Waals surface area contributed by atoms with Gasteiger partial charge in [-0.3, -0.25) is 0 Å². The zero-order valence-corrected chi connectivity index (χ0v) is 6.45. The number of fused-ring (bicyclic) bond motifs is 1. The maximum absolute atomic E-state index is 8.60. The van der Waals surface area contributed by atoms with Crippen molar-refractivity contribution >= 4 is 0 Å². The summed E-state index contributed by atoms with van der Waals surface area (Å²) in [7, 11) is 0. The molecule has 0 saturated carbocycles. The van der Waals surface area contributed by atoms with Crippen molar-refractivity contribution in [2.75, 3.05) is 6.61 Å². The van der Waals surface area contributed by atoms with Gasteiger partial charge in [0.1, 0.15) is 12.4 Å². The summed E-state index contributed by atoms with van der Waals surface area (Å²) in [5.41, 5.74) is 7.34. The molecule has 1 aliphatic rings. The molecule has 1 aromatic rings. The second kappa shape index (κ2) is 2.50. The summed E-state index contributed by atoms with van der Waals surface area (Å²) in [6, 6.07) is 7.35. The number of nitriles is 1. The van der Waals surface area contributed by atoms with Gasteiger partial charge in [-0.25, -0.2) is 0 Å². The Kier molecular flexibility index (Phi) is 1.49. The fraction of sp³-hybridized carbons (Fsp3) is 0.222. The molecular weight excluding hydrogens is 152 g/mol. The first kappa shape index (κ1) is 7.14. The van der Waals surface area contributed by atoms with Gasteiger partial charge in [0, 0.05) is 5.56 Å². The maximum atomic E-state index is 8.60. The Labute approximate surface area is 70.4 Å². The van der Waals surface area contributed by atoms with E-state index in [1.165, 1.54) is 0 Å². The summed E-state index contributed by atoms with van der Waals surface area (Å²) in [6.07, 6.45) is 0. The summed E-state index contributed by atoms with van der Waals surface area (Å²) in [5.74, 6) is 0.751. The average molecular weight is 160 g/mol. The number of nitrogens with two attached hydrogens (primary N) is 1. The molecule has 0 amide bonds. The van der Waals surface area contributed by atoms with Crippen molar-refractivity contribution in [3.8, 4) is 11.8 Å². The van der Waals surface area contributed by atoms with Gasteiger partial charge in [0.15, 0.2) is 0 Å².